The predicted molar refractivity (Wildman–Crippen MR) is 86.5 cm³/mol. The molecule has 0 radical (unpaired) electrons. The number of hydrogen-bond donors (Lipinski definition) is 1. The third kappa shape index (κ3) is 3.96. The van der Waals surface area contributed by atoms with Crippen molar-refractivity contribution < 1.29 is 18.0 Å². The van der Waals surface area contributed by atoms with E-state index < -0.39 is 23.3 Å². The van der Waals surface area contributed by atoms with E-state index in [9.17, 15) is 18.0 Å². The van der Waals surface area contributed by atoms with Crippen LogP contribution in [-0.4, -0.2) is 33.8 Å². The molecule has 1 amide bonds. The molecule has 0 atom stereocenters. The van der Waals surface area contributed by atoms with E-state index in [-0.39, 0.29) is 5.69 Å². The van der Waals surface area contributed by atoms with Gasteiger partial charge in [-0.25, -0.2) is 9.69 Å². The Morgan fingerprint density at radius 1 is 1.12 bits per heavy atom. The van der Waals surface area contributed by atoms with Gasteiger partial charge in [0, 0.05) is 18.1 Å². The van der Waals surface area contributed by atoms with Crippen LogP contribution in [0.1, 0.15) is 35.3 Å². The lowest BCUT2D eigenvalue weighted by Crippen LogP contribution is -2.45. The normalized spacial score (nSPS) is 16.0. The molecule has 2 heterocycles. The monoisotopic (exact) mass is 372 g/mol. The zero-order valence-electron chi connectivity index (χ0n) is 13.2. The molecule has 1 aromatic carbocycles. The lowest BCUT2D eigenvalue weighted by molar-refractivity contribution is -0.143. The number of benzene rings is 1. The second-order valence-corrected chi connectivity index (χ2v) is 6.22. The van der Waals surface area contributed by atoms with Crippen LogP contribution in [0.5, 0.6) is 0 Å². The predicted octanol–water partition coefficient (Wildman–Crippen LogP) is 3.68. The molecular formula is C16H16ClF3N4O. The van der Waals surface area contributed by atoms with E-state index in [1.165, 1.54) is 24.3 Å². The topological polar surface area (TPSA) is 50.2 Å². The van der Waals surface area contributed by atoms with E-state index >= 15 is 0 Å². The number of hydrogen-bond acceptors (Lipinski definition) is 3. The number of alkyl halides is 3. The van der Waals surface area contributed by atoms with Gasteiger partial charge in [0.25, 0.3) is 5.91 Å². The summed E-state index contributed by atoms with van der Waals surface area (Å²) < 4.78 is 41.4. The van der Waals surface area contributed by atoms with Gasteiger partial charge in [0.05, 0.1) is 17.4 Å². The van der Waals surface area contributed by atoms with Gasteiger partial charge in [0.2, 0.25) is 0 Å². The summed E-state index contributed by atoms with van der Waals surface area (Å²) in [6.07, 6.45) is -0.941. The fraction of sp³-hybridized carbons (Fsp3) is 0.375. The van der Waals surface area contributed by atoms with Gasteiger partial charge in [-0.3, -0.25) is 10.2 Å². The molecule has 5 nitrogen and oxygen atoms in total. The Kier molecular flexibility index (Phi) is 5.01. The number of piperidine rings is 1. The largest absolute Gasteiger partial charge is 0.434 e. The standard InChI is InChI=1S/C16H16ClF3N4O/c17-11-4-6-12(7-5-11)24-14(16(18,19)20)13(10-21-24)15(25)22-23-8-2-1-3-9-23/h4-7,10H,1-3,8-9H2,(H,22,25). The lowest BCUT2D eigenvalue weighted by atomic mass is 10.1. The molecule has 1 fully saturated rings. The SMILES string of the molecule is O=C(NN1CCCCC1)c1cnn(-c2ccc(Cl)cc2)c1C(F)(F)F. The molecule has 0 aliphatic carbocycles. The van der Waals surface area contributed by atoms with Gasteiger partial charge in [-0.1, -0.05) is 18.0 Å². The number of amides is 1. The molecule has 9 heteroatoms. The summed E-state index contributed by atoms with van der Waals surface area (Å²) in [5.41, 5.74) is 1.10. The van der Waals surface area contributed by atoms with E-state index in [0.29, 0.717) is 22.8 Å². The molecule has 134 valence electrons. The van der Waals surface area contributed by atoms with Crippen LogP contribution < -0.4 is 5.43 Å². The van der Waals surface area contributed by atoms with E-state index in [2.05, 4.69) is 10.5 Å². The van der Waals surface area contributed by atoms with Crippen LogP contribution in [0.15, 0.2) is 30.5 Å². The van der Waals surface area contributed by atoms with Gasteiger partial charge in [-0.15, -0.1) is 0 Å². The number of nitrogens with one attached hydrogen (secondary N) is 1. The quantitative estimate of drug-likeness (QED) is 0.894. The Labute approximate surface area is 147 Å². The van der Waals surface area contributed by atoms with Crippen LogP contribution in [0.2, 0.25) is 5.02 Å². The highest BCUT2D eigenvalue weighted by Gasteiger charge is 2.40. The fourth-order valence-electron chi connectivity index (χ4n) is 2.77. The van der Waals surface area contributed by atoms with Crippen molar-refractivity contribution in [3.63, 3.8) is 0 Å². The Morgan fingerprint density at radius 2 is 1.76 bits per heavy atom. The van der Waals surface area contributed by atoms with Crippen LogP contribution in [0.4, 0.5) is 13.2 Å². The van der Waals surface area contributed by atoms with Crippen molar-refractivity contribution in [3.8, 4) is 5.69 Å². The molecule has 1 aliphatic heterocycles. The van der Waals surface area contributed by atoms with Crippen molar-refractivity contribution in [2.75, 3.05) is 13.1 Å². The molecule has 1 N–H and O–H groups in total. The van der Waals surface area contributed by atoms with Crippen molar-refractivity contribution >= 4 is 17.5 Å². The van der Waals surface area contributed by atoms with E-state index in [4.69, 9.17) is 11.6 Å². The summed E-state index contributed by atoms with van der Waals surface area (Å²) in [7, 11) is 0. The Morgan fingerprint density at radius 3 is 2.36 bits per heavy atom. The number of nitrogens with zero attached hydrogens (tertiary/aromatic N) is 3. The van der Waals surface area contributed by atoms with Gasteiger partial charge < -0.3 is 0 Å². The highest BCUT2D eigenvalue weighted by atomic mass is 35.5. The van der Waals surface area contributed by atoms with Gasteiger partial charge in [0.15, 0.2) is 5.69 Å². The Bertz CT molecular complexity index is 752. The van der Waals surface area contributed by atoms with Gasteiger partial charge in [0.1, 0.15) is 0 Å². The Balaban J connectivity index is 1.94. The summed E-state index contributed by atoms with van der Waals surface area (Å²) >= 11 is 5.77. The molecule has 25 heavy (non-hydrogen) atoms. The Hall–Kier alpha value is -2.06. The number of carbonyl (C=O) groups is 1. The minimum Gasteiger partial charge on any atom is -0.285 e. The number of rotatable bonds is 3. The number of carbonyl (C=O) groups excluding carboxylic acids is 1. The first kappa shape index (κ1) is 17.8. The smallest absolute Gasteiger partial charge is 0.285 e. The highest BCUT2D eigenvalue weighted by molar-refractivity contribution is 6.30. The molecule has 3 rings (SSSR count). The summed E-state index contributed by atoms with van der Waals surface area (Å²) in [5, 5.41) is 5.81. The van der Waals surface area contributed by atoms with Crippen LogP contribution >= 0.6 is 11.6 Å². The van der Waals surface area contributed by atoms with Crippen molar-refractivity contribution in [1.29, 1.82) is 0 Å². The zero-order chi connectivity index (χ0) is 18.0. The molecule has 1 saturated heterocycles. The number of aromatic nitrogens is 2. The zero-order valence-corrected chi connectivity index (χ0v) is 13.9. The summed E-state index contributed by atoms with van der Waals surface area (Å²) in [6, 6.07) is 5.76. The van der Waals surface area contributed by atoms with Gasteiger partial charge in [-0.2, -0.15) is 18.3 Å². The maximum absolute atomic E-state index is 13.6. The highest BCUT2D eigenvalue weighted by Crippen LogP contribution is 2.33. The molecule has 0 spiro atoms. The van der Waals surface area contributed by atoms with Gasteiger partial charge >= 0.3 is 6.18 Å². The van der Waals surface area contributed by atoms with Crippen LogP contribution in [-0.2, 0) is 6.18 Å². The van der Waals surface area contributed by atoms with E-state index in [1.807, 2.05) is 0 Å². The first-order valence-corrected chi connectivity index (χ1v) is 8.21. The average molecular weight is 373 g/mol. The second kappa shape index (κ2) is 7.05. The summed E-state index contributed by atoms with van der Waals surface area (Å²) in [5.74, 6) is -0.811. The molecule has 1 aliphatic rings. The summed E-state index contributed by atoms with van der Waals surface area (Å²) in [4.78, 5) is 12.4. The third-order valence-electron chi connectivity index (χ3n) is 3.97. The number of halogens is 4. The molecule has 0 bridgehead atoms. The minimum absolute atomic E-state index is 0.175. The second-order valence-electron chi connectivity index (χ2n) is 5.78. The first-order chi connectivity index (χ1) is 11.9. The maximum Gasteiger partial charge on any atom is 0.434 e. The summed E-state index contributed by atoms with van der Waals surface area (Å²) in [6.45, 7) is 1.25. The van der Waals surface area contributed by atoms with Crippen molar-refractivity contribution in [3.05, 3.63) is 46.7 Å². The molecular weight excluding hydrogens is 357 g/mol. The van der Waals surface area contributed by atoms with Crippen LogP contribution in [0.3, 0.4) is 0 Å². The molecule has 1 aromatic heterocycles. The lowest BCUT2D eigenvalue weighted by Gasteiger charge is -2.26. The minimum atomic E-state index is -4.73. The van der Waals surface area contributed by atoms with E-state index in [0.717, 1.165) is 25.5 Å². The van der Waals surface area contributed by atoms with Crippen LogP contribution in [0, 0.1) is 0 Å². The average Bonchev–Trinajstić information content (AvgIpc) is 3.02. The van der Waals surface area contributed by atoms with E-state index in [1.54, 1.807) is 5.01 Å². The van der Waals surface area contributed by atoms with Gasteiger partial charge in [-0.05, 0) is 37.1 Å². The van der Waals surface area contributed by atoms with Crippen molar-refractivity contribution in [2.45, 2.75) is 25.4 Å². The molecule has 0 saturated carbocycles. The molecule has 0 unspecified atom stereocenters. The van der Waals surface area contributed by atoms with Crippen molar-refractivity contribution in [1.82, 2.24) is 20.2 Å². The third-order valence-corrected chi connectivity index (χ3v) is 4.22. The van der Waals surface area contributed by atoms with Crippen LogP contribution in [0.25, 0.3) is 5.69 Å². The van der Waals surface area contributed by atoms with Crippen molar-refractivity contribution in [2.24, 2.45) is 0 Å². The maximum atomic E-state index is 13.6. The molecule has 2 aromatic rings. The first-order valence-electron chi connectivity index (χ1n) is 7.83. The fourth-order valence-corrected chi connectivity index (χ4v) is 2.90. The number of hydrazine groups is 1.